The van der Waals surface area contributed by atoms with E-state index in [1.807, 2.05) is 178 Å². The van der Waals surface area contributed by atoms with E-state index < -0.39 is 29.4 Å². The second-order valence-corrected chi connectivity index (χ2v) is 27.1. The standard InChI is InChI=1S/C33H25F3N2.C30H22N2.C19H14F2N2.C10H14N2.C7H8N2/c1-22-6-10-25(11-7-22)30-19-27(24-14-16-28(17-15-24)33(34,35)36)20-31(26-12-8-23(2)9-13-26)32(30)38-21-29-5-3-4-18-37-29;1-4-12-23(13-5-1)26-20-28(24-14-6-2-7-15-24)30(32-22-27-18-10-11-19-31-27)29(21-26)25-16-8-3-9-17-25;20-17-10-3-1-8-15(17)19(16-9-2-4-11-18(16)21)23-13-14-7-5-6-12-22-14;1-10(2,3)12-8-9-6-4-5-7-11-9;1-8-6-7-4-2-3-5-9-7/h3-21H,1-2H3;1-22H;1-13,19H;4-8H,1-3H3;2-6H,1H3. The van der Waals surface area contributed by atoms with E-state index in [2.05, 4.69) is 146 Å². The van der Waals surface area contributed by atoms with Gasteiger partial charge in [-0.3, -0.25) is 49.9 Å². The predicted molar refractivity (Wildman–Crippen MR) is 459 cm³/mol. The van der Waals surface area contributed by atoms with E-state index in [0.29, 0.717) is 22.4 Å². The molecule has 0 unspecified atom stereocenters. The van der Waals surface area contributed by atoms with Gasteiger partial charge < -0.3 is 0 Å². The second-order valence-electron chi connectivity index (χ2n) is 27.1. The van der Waals surface area contributed by atoms with E-state index in [0.717, 1.165) is 107 Å². The lowest BCUT2D eigenvalue weighted by Gasteiger charge is -2.16. The van der Waals surface area contributed by atoms with Gasteiger partial charge in [-0.15, -0.1) is 0 Å². The summed E-state index contributed by atoms with van der Waals surface area (Å²) in [6.45, 7) is 10.2. The van der Waals surface area contributed by atoms with Crippen LogP contribution < -0.4 is 0 Å². The molecule has 0 radical (unpaired) electrons. The molecule has 15 heteroatoms. The van der Waals surface area contributed by atoms with E-state index in [-0.39, 0.29) is 5.54 Å². The molecule has 0 fully saturated rings. The molecule has 0 saturated heterocycles. The molecule has 114 heavy (non-hydrogen) atoms. The Morgan fingerprint density at radius 2 is 0.605 bits per heavy atom. The van der Waals surface area contributed by atoms with Crippen molar-refractivity contribution in [3.05, 3.63) is 426 Å². The Morgan fingerprint density at radius 3 is 0.939 bits per heavy atom. The first-order chi connectivity index (χ1) is 55.4. The minimum atomic E-state index is -4.39. The maximum Gasteiger partial charge on any atom is 0.416 e. The van der Waals surface area contributed by atoms with E-state index in [4.69, 9.17) is 9.98 Å². The van der Waals surface area contributed by atoms with Crippen LogP contribution in [0.1, 0.15) is 83.1 Å². The summed E-state index contributed by atoms with van der Waals surface area (Å²) < 4.78 is 68.0. The first-order valence-electron chi connectivity index (χ1n) is 36.9. The summed E-state index contributed by atoms with van der Waals surface area (Å²) in [5.74, 6) is -0.835. The van der Waals surface area contributed by atoms with Crippen molar-refractivity contribution in [1.82, 2.24) is 24.9 Å². The van der Waals surface area contributed by atoms with Crippen molar-refractivity contribution >= 4 is 42.4 Å². The molecule has 0 aliphatic rings. The molecule has 10 nitrogen and oxygen atoms in total. The van der Waals surface area contributed by atoms with E-state index >= 15 is 0 Å². The molecule has 15 aromatic rings. The highest BCUT2D eigenvalue weighted by Gasteiger charge is 2.30. The summed E-state index contributed by atoms with van der Waals surface area (Å²) in [5.41, 5.74) is 19.9. The minimum absolute atomic E-state index is 0.0163. The van der Waals surface area contributed by atoms with Gasteiger partial charge in [0.15, 0.2) is 0 Å². The molecule has 5 heterocycles. The molecule has 15 rings (SSSR count). The Bertz CT molecular complexity index is 5470. The molecule has 0 saturated carbocycles. The Morgan fingerprint density at radius 1 is 0.307 bits per heavy atom. The smallest absolute Gasteiger partial charge is 0.294 e. The fraction of sp³-hybridized carbons (Fsp3) is 0.0909. The fourth-order valence-electron chi connectivity index (χ4n) is 11.7. The van der Waals surface area contributed by atoms with E-state index in [9.17, 15) is 22.0 Å². The van der Waals surface area contributed by atoms with Crippen LogP contribution in [-0.4, -0.2) is 68.6 Å². The maximum absolute atomic E-state index is 14.2. The van der Waals surface area contributed by atoms with Crippen LogP contribution >= 0.6 is 0 Å². The number of aromatic nitrogens is 5. The van der Waals surface area contributed by atoms with Gasteiger partial charge in [0, 0.05) is 90.1 Å². The van der Waals surface area contributed by atoms with Gasteiger partial charge in [-0.05, 0) is 188 Å². The van der Waals surface area contributed by atoms with Crippen molar-refractivity contribution < 1.29 is 22.0 Å². The normalized spacial score (nSPS) is 11.4. The lowest BCUT2D eigenvalue weighted by atomic mass is 9.90. The lowest BCUT2D eigenvalue weighted by Crippen LogP contribution is -2.09. The second kappa shape index (κ2) is 40.6. The number of aryl methyl sites for hydroxylation is 2. The van der Waals surface area contributed by atoms with Crippen LogP contribution in [-0.2, 0) is 6.18 Å². The van der Waals surface area contributed by atoms with Crippen LogP contribution in [0.5, 0.6) is 0 Å². The Balaban J connectivity index is 0.000000152. The number of hydrogen-bond acceptors (Lipinski definition) is 10. The van der Waals surface area contributed by atoms with Crippen LogP contribution in [0.4, 0.5) is 33.3 Å². The number of alkyl halides is 3. The van der Waals surface area contributed by atoms with Gasteiger partial charge in [0.2, 0.25) is 0 Å². The summed E-state index contributed by atoms with van der Waals surface area (Å²) in [6, 6.07) is 102. The molecule has 10 aromatic carbocycles. The molecule has 5 aromatic heterocycles. The lowest BCUT2D eigenvalue weighted by molar-refractivity contribution is -0.137. The Kier molecular flexibility index (Phi) is 28.8. The summed E-state index contributed by atoms with van der Waals surface area (Å²) >= 11 is 0. The van der Waals surface area contributed by atoms with E-state index in [1.165, 1.54) is 41.6 Å². The van der Waals surface area contributed by atoms with Gasteiger partial charge in [-0.2, -0.15) is 13.2 Å². The van der Waals surface area contributed by atoms with Crippen LogP contribution in [0, 0.1) is 25.5 Å². The molecule has 0 atom stereocenters. The zero-order valence-corrected chi connectivity index (χ0v) is 63.9. The molecule has 0 spiro atoms. The van der Waals surface area contributed by atoms with Crippen molar-refractivity contribution in [2.24, 2.45) is 25.0 Å². The summed E-state index contributed by atoms with van der Waals surface area (Å²) in [6.07, 6.45) is 12.9. The average Bonchev–Trinajstić information content (AvgIpc) is 0.808. The third-order valence-corrected chi connectivity index (χ3v) is 17.5. The van der Waals surface area contributed by atoms with Gasteiger partial charge in [0.05, 0.1) is 63.4 Å². The first-order valence-corrected chi connectivity index (χ1v) is 36.9. The predicted octanol–water partition coefficient (Wildman–Crippen LogP) is 25.3. The Labute approximate surface area is 663 Å². The van der Waals surface area contributed by atoms with Gasteiger partial charge >= 0.3 is 6.18 Å². The van der Waals surface area contributed by atoms with Gasteiger partial charge in [0.25, 0.3) is 0 Å². The summed E-state index contributed by atoms with van der Waals surface area (Å²) in [5, 5.41) is 0. The molecule has 0 aliphatic heterocycles. The molecule has 0 N–H and O–H groups in total. The first kappa shape index (κ1) is 81.0. The minimum Gasteiger partial charge on any atom is -0.294 e. The highest BCUT2D eigenvalue weighted by atomic mass is 19.4. The van der Waals surface area contributed by atoms with Crippen LogP contribution in [0.3, 0.4) is 0 Å². The average molecular weight is 1510 g/mol. The SMILES string of the molecule is C(=Nc1c(-c2ccccc2)cc(-c2ccccc2)cc1-c1ccccc1)c1ccccn1.CC(C)(C)N=Cc1ccccn1.CN=Cc1ccccn1.Cc1ccc(-c2cc(-c3ccc(C(F)(F)F)cc3)cc(-c3ccc(C)cc3)c2N=Cc2ccccn2)cc1.Fc1ccccc1C(N=Cc1ccccn1)c1ccccc1F. The number of hydrogen-bond donors (Lipinski definition) is 0. The third kappa shape index (κ3) is 24.0. The van der Waals surface area contributed by atoms with Gasteiger partial charge in [0.1, 0.15) is 17.7 Å². The molecule has 564 valence electrons. The fourth-order valence-corrected chi connectivity index (χ4v) is 11.7. The maximum atomic E-state index is 14.2. The van der Waals surface area contributed by atoms with Gasteiger partial charge in [-0.1, -0.05) is 230 Å². The zero-order valence-electron chi connectivity index (χ0n) is 63.9. The largest absolute Gasteiger partial charge is 0.416 e. The number of benzene rings is 10. The summed E-state index contributed by atoms with van der Waals surface area (Å²) in [7, 11) is 1.73. The number of pyridine rings is 5. The number of rotatable bonds is 16. The third-order valence-electron chi connectivity index (χ3n) is 17.5. The van der Waals surface area contributed by atoms with E-state index in [1.54, 1.807) is 105 Å². The van der Waals surface area contributed by atoms with Crippen molar-refractivity contribution in [1.29, 1.82) is 0 Å². The van der Waals surface area contributed by atoms with Crippen molar-refractivity contribution in [2.45, 2.75) is 52.4 Å². The van der Waals surface area contributed by atoms with Crippen molar-refractivity contribution in [2.75, 3.05) is 7.05 Å². The number of aliphatic imine (C=N–C) groups is 5. The molecule has 0 bridgehead atoms. The topological polar surface area (TPSA) is 126 Å². The van der Waals surface area contributed by atoms with Crippen LogP contribution in [0.2, 0.25) is 0 Å². The van der Waals surface area contributed by atoms with Gasteiger partial charge in [-0.25, -0.2) is 8.78 Å². The molecular weight excluding hydrogens is 1420 g/mol. The highest BCUT2D eigenvalue weighted by molar-refractivity contribution is 5.98. The van der Waals surface area contributed by atoms with Crippen molar-refractivity contribution in [3.63, 3.8) is 0 Å². The van der Waals surface area contributed by atoms with Crippen molar-refractivity contribution in [3.8, 4) is 66.8 Å². The Hall–Kier alpha value is -14.1. The zero-order chi connectivity index (χ0) is 79.9. The number of halogens is 5. The number of nitrogens with zero attached hydrogens (tertiary/aromatic N) is 10. The molecule has 0 amide bonds. The van der Waals surface area contributed by atoms with Crippen LogP contribution in [0.15, 0.2) is 384 Å². The quantitative estimate of drug-likeness (QED) is 0.0703. The molecular formula is C99H83F5N10. The summed E-state index contributed by atoms with van der Waals surface area (Å²) in [4.78, 5) is 43.5. The van der Waals surface area contributed by atoms with Crippen LogP contribution in [0.25, 0.3) is 66.8 Å². The molecule has 0 aliphatic carbocycles. The highest BCUT2D eigenvalue weighted by Crippen LogP contribution is 2.45. The monoisotopic (exact) mass is 1510 g/mol.